The third-order valence-electron chi connectivity index (χ3n) is 2.44. The molecule has 0 bridgehead atoms. The minimum absolute atomic E-state index is 0.0623. The van der Waals surface area contributed by atoms with Crippen molar-refractivity contribution in [2.45, 2.75) is 6.92 Å². The summed E-state index contributed by atoms with van der Waals surface area (Å²) in [6, 6.07) is 9.99. The Morgan fingerprint density at radius 2 is 2.17 bits per heavy atom. The third kappa shape index (κ3) is 3.28. The highest BCUT2D eigenvalue weighted by Gasteiger charge is 2.09. The second kappa shape index (κ2) is 6.12. The molecule has 0 radical (unpaired) electrons. The van der Waals surface area contributed by atoms with Crippen molar-refractivity contribution >= 4 is 23.3 Å². The Bertz CT molecular complexity index is 546. The van der Waals surface area contributed by atoms with Crippen LogP contribution in [0.1, 0.15) is 20.9 Å². The lowest BCUT2D eigenvalue weighted by Gasteiger charge is -1.99. The lowest BCUT2D eigenvalue weighted by Crippen LogP contribution is -2.23. The summed E-state index contributed by atoms with van der Waals surface area (Å²) >= 11 is 1.36. The van der Waals surface area contributed by atoms with E-state index in [0.29, 0.717) is 11.4 Å². The number of aromatic nitrogens is 1. The van der Waals surface area contributed by atoms with Gasteiger partial charge in [-0.25, -0.2) is 4.98 Å². The van der Waals surface area contributed by atoms with Gasteiger partial charge < -0.3 is 5.32 Å². The van der Waals surface area contributed by atoms with Crippen LogP contribution in [0.2, 0.25) is 0 Å². The SMILES string of the molecule is Cc1ncsc1C(=O)NCC=Cc1ccccc1. The number of hydrogen-bond donors (Lipinski definition) is 1. The van der Waals surface area contributed by atoms with Crippen LogP contribution in [-0.2, 0) is 0 Å². The normalized spacial score (nSPS) is 10.7. The molecule has 0 aliphatic carbocycles. The molecule has 1 heterocycles. The average molecular weight is 258 g/mol. The summed E-state index contributed by atoms with van der Waals surface area (Å²) in [5.41, 5.74) is 3.59. The Morgan fingerprint density at radius 1 is 1.39 bits per heavy atom. The molecule has 2 aromatic rings. The Kier molecular flexibility index (Phi) is 4.25. The monoisotopic (exact) mass is 258 g/mol. The zero-order chi connectivity index (χ0) is 12.8. The van der Waals surface area contributed by atoms with Crippen LogP contribution < -0.4 is 5.32 Å². The fraction of sp³-hybridized carbons (Fsp3) is 0.143. The quantitative estimate of drug-likeness (QED) is 0.916. The maximum Gasteiger partial charge on any atom is 0.263 e. The van der Waals surface area contributed by atoms with E-state index in [0.717, 1.165) is 11.3 Å². The van der Waals surface area contributed by atoms with Gasteiger partial charge in [0.25, 0.3) is 5.91 Å². The molecule has 0 saturated heterocycles. The highest BCUT2D eigenvalue weighted by atomic mass is 32.1. The van der Waals surface area contributed by atoms with Crippen molar-refractivity contribution in [3.05, 3.63) is 58.1 Å². The summed E-state index contributed by atoms with van der Waals surface area (Å²) in [7, 11) is 0. The molecule has 1 amide bonds. The molecule has 0 aliphatic heterocycles. The van der Waals surface area contributed by atoms with Crippen LogP contribution in [0.5, 0.6) is 0 Å². The summed E-state index contributed by atoms with van der Waals surface area (Å²) in [5.74, 6) is -0.0623. The van der Waals surface area contributed by atoms with E-state index in [9.17, 15) is 4.79 Å². The number of carbonyl (C=O) groups excluding carboxylic acids is 1. The van der Waals surface area contributed by atoms with Gasteiger partial charge in [0.05, 0.1) is 11.2 Å². The first-order chi connectivity index (χ1) is 8.77. The van der Waals surface area contributed by atoms with E-state index < -0.39 is 0 Å². The second-order valence-electron chi connectivity index (χ2n) is 3.79. The van der Waals surface area contributed by atoms with Crippen LogP contribution >= 0.6 is 11.3 Å². The van der Waals surface area contributed by atoms with Crippen molar-refractivity contribution in [3.8, 4) is 0 Å². The molecule has 0 atom stereocenters. The Balaban J connectivity index is 1.84. The Labute approximate surface area is 110 Å². The summed E-state index contributed by atoms with van der Waals surface area (Å²) in [5, 5.41) is 2.84. The summed E-state index contributed by atoms with van der Waals surface area (Å²) in [4.78, 5) is 16.5. The molecule has 18 heavy (non-hydrogen) atoms. The average Bonchev–Trinajstić information content (AvgIpc) is 2.82. The predicted octanol–water partition coefficient (Wildman–Crippen LogP) is 2.89. The standard InChI is InChI=1S/C14H14N2OS/c1-11-13(18-10-16-11)14(17)15-9-5-8-12-6-3-2-4-7-12/h2-8,10H,9H2,1H3,(H,15,17). The fourth-order valence-corrected chi connectivity index (χ4v) is 2.23. The van der Waals surface area contributed by atoms with E-state index in [1.165, 1.54) is 11.3 Å². The predicted molar refractivity (Wildman–Crippen MR) is 74.7 cm³/mol. The molecule has 0 unspecified atom stereocenters. The lowest BCUT2D eigenvalue weighted by molar-refractivity contribution is 0.0961. The van der Waals surface area contributed by atoms with Gasteiger partial charge in [-0.1, -0.05) is 42.5 Å². The van der Waals surface area contributed by atoms with Crippen LogP contribution in [0, 0.1) is 6.92 Å². The number of carbonyl (C=O) groups is 1. The van der Waals surface area contributed by atoms with Crippen molar-refractivity contribution in [2.75, 3.05) is 6.54 Å². The van der Waals surface area contributed by atoms with E-state index >= 15 is 0 Å². The van der Waals surface area contributed by atoms with Gasteiger partial charge in [0.15, 0.2) is 0 Å². The zero-order valence-electron chi connectivity index (χ0n) is 10.1. The maximum atomic E-state index is 11.8. The number of nitrogens with one attached hydrogen (secondary N) is 1. The van der Waals surface area contributed by atoms with Gasteiger partial charge in [0.1, 0.15) is 4.88 Å². The number of nitrogens with zero attached hydrogens (tertiary/aromatic N) is 1. The van der Waals surface area contributed by atoms with Crippen LogP contribution in [0.4, 0.5) is 0 Å². The van der Waals surface area contributed by atoms with Gasteiger partial charge in [0.2, 0.25) is 0 Å². The minimum Gasteiger partial charge on any atom is -0.348 e. The first-order valence-electron chi connectivity index (χ1n) is 5.67. The van der Waals surface area contributed by atoms with Crippen molar-refractivity contribution in [3.63, 3.8) is 0 Å². The number of thiazole rings is 1. The maximum absolute atomic E-state index is 11.8. The van der Waals surface area contributed by atoms with E-state index in [1.807, 2.05) is 49.4 Å². The van der Waals surface area contributed by atoms with Gasteiger partial charge in [-0.05, 0) is 12.5 Å². The highest BCUT2D eigenvalue weighted by molar-refractivity contribution is 7.11. The van der Waals surface area contributed by atoms with Gasteiger partial charge in [0, 0.05) is 6.54 Å². The molecule has 1 N–H and O–H groups in total. The van der Waals surface area contributed by atoms with Crippen LogP contribution in [0.25, 0.3) is 6.08 Å². The topological polar surface area (TPSA) is 42.0 Å². The second-order valence-corrected chi connectivity index (χ2v) is 4.64. The molecule has 92 valence electrons. The highest BCUT2D eigenvalue weighted by Crippen LogP contribution is 2.11. The Hall–Kier alpha value is -1.94. The van der Waals surface area contributed by atoms with E-state index in [1.54, 1.807) is 5.51 Å². The van der Waals surface area contributed by atoms with Gasteiger partial charge in [-0.2, -0.15) is 0 Å². The van der Waals surface area contributed by atoms with Gasteiger partial charge in [-0.3, -0.25) is 4.79 Å². The van der Waals surface area contributed by atoms with Gasteiger partial charge in [-0.15, -0.1) is 11.3 Å². The van der Waals surface area contributed by atoms with Crippen LogP contribution in [-0.4, -0.2) is 17.4 Å². The number of hydrogen-bond acceptors (Lipinski definition) is 3. The van der Waals surface area contributed by atoms with Crippen molar-refractivity contribution in [1.82, 2.24) is 10.3 Å². The minimum atomic E-state index is -0.0623. The molecule has 0 fully saturated rings. The van der Waals surface area contributed by atoms with E-state index in [-0.39, 0.29) is 5.91 Å². The largest absolute Gasteiger partial charge is 0.348 e. The number of amides is 1. The van der Waals surface area contributed by atoms with E-state index in [2.05, 4.69) is 10.3 Å². The third-order valence-corrected chi connectivity index (χ3v) is 3.37. The first kappa shape index (κ1) is 12.5. The molecule has 0 spiro atoms. The fourth-order valence-electron chi connectivity index (χ4n) is 1.51. The summed E-state index contributed by atoms with van der Waals surface area (Å²) < 4.78 is 0. The molecule has 0 aliphatic rings. The summed E-state index contributed by atoms with van der Waals surface area (Å²) in [6.07, 6.45) is 3.92. The molecular weight excluding hydrogens is 244 g/mol. The molecule has 2 rings (SSSR count). The number of benzene rings is 1. The summed E-state index contributed by atoms with van der Waals surface area (Å²) in [6.45, 7) is 2.36. The smallest absolute Gasteiger partial charge is 0.263 e. The number of aryl methyl sites for hydroxylation is 1. The Morgan fingerprint density at radius 3 is 2.83 bits per heavy atom. The first-order valence-corrected chi connectivity index (χ1v) is 6.55. The van der Waals surface area contributed by atoms with Crippen LogP contribution in [0.3, 0.4) is 0 Å². The van der Waals surface area contributed by atoms with E-state index in [4.69, 9.17) is 0 Å². The molecule has 1 aromatic heterocycles. The van der Waals surface area contributed by atoms with Crippen LogP contribution in [0.15, 0.2) is 41.9 Å². The van der Waals surface area contributed by atoms with Crippen molar-refractivity contribution in [1.29, 1.82) is 0 Å². The number of rotatable bonds is 4. The molecule has 1 aromatic carbocycles. The van der Waals surface area contributed by atoms with Gasteiger partial charge >= 0.3 is 0 Å². The molecular formula is C14H14N2OS. The zero-order valence-corrected chi connectivity index (χ0v) is 10.9. The van der Waals surface area contributed by atoms with Crippen molar-refractivity contribution < 1.29 is 4.79 Å². The molecule has 4 heteroatoms. The molecule has 0 saturated carbocycles. The molecule has 3 nitrogen and oxygen atoms in total. The lowest BCUT2D eigenvalue weighted by atomic mass is 10.2. The van der Waals surface area contributed by atoms with Crippen molar-refractivity contribution in [2.24, 2.45) is 0 Å².